The number of aryl methyl sites for hydroxylation is 12. The van der Waals surface area contributed by atoms with E-state index in [2.05, 4.69) is 184 Å². The van der Waals surface area contributed by atoms with Crippen LogP contribution in [0.2, 0.25) is 0 Å². The quantitative estimate of drug-likeness (QED) is 0.144. The summed E-state index contributed by atoms with van der Waals surface area (Å²) < 4.78 is 17.0. The van der Waals surface area contributed by atoms with Gasteiger partial charge in [0.25, 0.3) is 0 Å². The summed E-state index contributed by atoms with van der Waals surface area (Å²) in [5.74, 6) is 7.30. The normalized spacial score (nSPS) is 24.1. The number of nitrogens with zero attached hydrogens (tertiary/aromatic N) is 3. The van der Waals surface area contributed by atoms with Gasteiger partial charge >= 0.3 is 228 Å². The predicted octanol–water partition coefficient (Wildman–Crippen LogP) is 25.8. The Morgan fingerprint density at radius 1 is 0.381 bits per heavy atom. The van der Waals surface area contributed by atoms with Crippen LogP contribution < -0.4 is 4.98 Å². The molecule has 0 spiro atoms. The summed E-state index contributed by atoms with van der Waals surface area (Å²) in [6, 6.07) is 22.1. The number of hydrogen-bond acceptors (Lipinski definition) is 5. The van der Waals surface area contributed by atoms with Crippen molar-refractivity contribution >= 4 is 40.7 Å². The summed E-state index contributed by atoms with van der Waals surface area (Å²) in [5, 5.41) is 34.1. The molecule has 1 heterocycles. The van der Waals surface area contributed by atoms with Crippen LogP contribution in [0.15, 0.2) is 76.6 Å². The molecule has 0 amide bonds. The first-order valence-corrected chi connectivity index (χ1v) is 46.4. The van der Waals surface area contributed by atoms with E-state index < -0.39 is 0 Å². The van der Waals surface area contributed by atoms with Crippen molar-refractivity contribution in [2.45, 2.75) is 295 Å². The SMILES string of the molecule is CC(C)(C)[CH]=[Mo]=[N]C12CC3CC(CC(C3)C1)C2.CC(C)(C)[CH]=[Mo]=[N]C12CC3CC(CC(C3)C1)C2.Cc1cc(C)c(-c2cc3c(c(-c4c(O)c(-c5c(C)cc(C)cc5C)cc5c4CCCC5)c2C)CCCC3)c(C)c1.Cc1ccc(C)[n-]1.Oc1c(Br)cc2c(c1-c1c(O)c(Br)cc3c1CCCC3)CCCC2. The van der Waals surface area contributed by atoms with Gasteiger partial charge in [-0.25, -0.2) is 0 Å². The molecule has 3 N–H and O–H groups in total. The van der Waals surface area contributed by atoms with Crippen LogP contribution in [0, 0.1) is 109 Å². The number of rotatable bonds is 6. The Balaban J connectivity index is 0.000000128. The zero-order chi connectivity index (χ0) is 74.6. The molecule has 7 aromatic rings. The molecule has 10 heteroatoms. The van der Waals surface area contributed by atoms with Crippen molar-refractivity contribution in [1.29, 1.82) is 0 Å². The summed E-state index contributed by atoms with van der Waals surface area (Å²) in [6.07, 6.45) is 35.8. The van der Waals surface area contributed by atoms with E-state index in [4.69, 9.17) is 6.99 Å². The summed E-state index contributed by atoms with van der Waals surface area (Å²) in [4.78, 5) is 4.11. The van der Waals surface area contributed by atoms with E-state index in [1.54, 1.807) is 0 Å². The Hall–Kier alpha value is -4.32. The number of phenolic OH excluding ortho intramolecular Hbond substituents is 3. The van der Waals surface area contributed by atoms with E-state index in [9.17, 15) is 15.3 Å². The first-order valence-electron chi connectivity index (χ1n) is 40.7. The van der Waals surface area contributed by atoms with Gasteiger partial charge in [0, 0.05) is 22.3 Å². The van der Waals surface area contributed by atoms with Crippen LogP contribution in [0.4, 0.5) is 0 Å². The molecule has 12 aliphatic carbocycles. The van der Waals surface area contributed by atoms with E-state index in [0.717, 1.165) is 142 Å². The maximum atomic E-state index is 12.4. The molecule has 6 aromatic carbocycles. The molecule has 8 saturated carbocycles. The van der Waals surface area contributed by atoms with Gasteiger partial charge in [-0.2, -0.15) is 11.4 Å². The zero-order valence-electron chi connectivity index (χ0n) is 66.4. The molecule has 0 saturated heterocycles. The summed E-state index contributed by atoms with van der Waals surface area (Å²) in [7, 11) is 0. The van der Waals surface area contributed by atoms with Crippen LogP contribution in [-0.2, 0) is 87.2 Å². The fraction of sp³-hybridized carbons (Fsp3) is 0.558. The van der Waals surface area contributed by atoms with Crippen molar-refractivity contribution in [2.75, 3.05) is 0 Å². The second-order valence-electron chi connectivity index (χ2n) is 37.0. The minimum atomic E-state index is -0.214. The second-order valence-corrected chi connectivity index (χ2v) is 41.8. The van der Waals surface area contributed by atoms with Gasteiger partial charge in [-0.1, -0.05) is 67.4 Å². The largest absolute Gasteiger partial charge is 0.665 e. The molecule has 0 radical (unpaired) electrons. The minimum absolute atomic E-state index is 0.214. The number of fused-ring (bicyclic) bond motifs is 4. The number of aromatic nitrogens is 1. The first-order chi connectivity index (χ1) is 49.9. The minimum Gasteiger partial charge on any atom is -0.665 e. The van der Waals surface area contributed by atoms with E-state index in [-0.39, 0.29) is 47.3 Å². The number of phenols is 3. The molecular formula is C95H122Br2Mo2N3O3-. The number of aromatic hydroxyl groups is 3. The van der Waals surface area contributed by atoms with Crippen LogP contribution in [0.25, 0.3) is 44.5 Å². The van der Waals surface area contributed by atoms with Crippen LogP contribution in [-0.4, -0.2) is 35.2 Å². The van der Waals surface area contributed by atoms with Gasteiger partial charge in [0.15, 0.2) is 0 Å². The van der Waals surface area contributed by atoms with Crippen LogP contribution in [0.1, 0.15) is 265 Å². The van der Waals surface area contributed by atoms with E-state index in [1.807, 2.05) is 26.0 Å². The van der Waals surface area contributed by atoms with Gasteiger partial charge < -0.3 is 20.3 Å². The molecule has 1 aromatic heterocycles. The third-order valence-corrected chi connectivity index (χ3v) is 32.9. The summed E-state index contributed by atoms with van der Waals surface area (Å²) in [5.41, 5.74) is 32.9. The fourth-order valence-electron chi connectivity index (χ4n) is 22.0. The molecular weight excluding hydrogens is 1580 g/mol. The third kappa shape index (κ3) is 17.9. The number of benzene rings is 6. The monoisotopic (exact) mass is 1710 g/mol. The molecule has 0 unspecified atom stereocenters. The van der Waals surface area contributed by atoms with E-state index in [0.29, 0.717) is 27.7 Å². The van der Waals surface area contributed by atoms with Crippen molar-refractivity contribution < 1.29 is 51.2 Å². The van der Waals surface area contributed by atoms with Crippen molar-refractivity contribution in [3.05, 3.63) is 164 Å². The Morgan fingerprint density at radius 2 is 0.667 bits per heavy atom. The number of halogens is 2. The standard InChI is InChI=1S/C39H44O.C20H20Br2O2.2C10H15N.C6H8N.2C5H10.2Mo/c1-22-16-24(3)35(25(4)17-22)33-20-29-12-8-10-14-31(29)37(28(33)7)38-32-15-11-9-13-30(32)21-34(39(38)40)36-26(5)18-23(2)19-27(36)6;21-15-9-11-5-1-3-7-13(11)17(19(15)23)18-14-8-4-2-6-12(14)10-16(22)20(18)24;2*11-10-4-7-1-8(5-10)3-9(2-7)6-10;1-5-3-4-6(2)7-5;2*1-5(2,3)4;;/h16-21,40H,8-15H2,1-7H3;9-10,23-24H,1-8H2;2*7-9H,1-6H2;3-4H,1-2H3;2*1H,2-4H3;;/q;;;;-1;;;;. The molecule has 12 aliphatic rings. The molecule has 6 nitrogen and oxygen atoms in total. The van der Waals surface area contributed by atoms with E-state index >= 15 is 0 Å². The predicted molar refractivity (Wildman–Crippen MR) is 442 cm³/mol. The topological polar surface area (TPSA) is 99.5 Å². The van der Waals surface area contributed by atoms with Gasteiger partial charge in [0.1, 0.15) is 17.2 Å². The maximum Gasteiger partial charge on any atom is 0.138 e. The Bertz CT molecular complexity index is 4170. The molecule has 8 fully saturated rings. The summed E-state index contributed by atoms with van der Waals surface area (Å²) in [6.45, 7) is 33.5. The van der Waals surface area contributed by atoms with Crippen molar-refractivity contribution in [2.24, 2.45) is 53.3 Å². The summed E-state index contributed by atoms with van der Waals surface area (Å²) >= 11 is 6.61. The van der Waals surface area contributed by atoms with Gasteiger partial charge in [0.05, 0.1) is 8.95 Å². The molecule has 562 valence electrons. The van der Waals surface area contributed by atoms with Crippen LogP contribution >= 0.6 is 31.9 Å². The second kappa shape index (κ2) is 32.6. The van der Waals surface area contributed by atoms with Crippen molar-refractivity contribution in [3.8, 4) is 61.8 Å². The van der Waals surface area contributed by atoms with E-state index in [1.165, 1.54) is 221 Å². The fourth-order valence-corrected chi connectivity index (χ4v) is 26.9. The smallest absolute Gasteiger partial charge is 0.138 e. The number of hydrogen-bond donors (Lipinski definition) is 3. The van der Waals surface area contributed by atoms with Gasteiger partial charge in [-0.05, 0) is 296 Å². The van der Waals surface area contributed by atoms with Crippen LogP contribution in [0.5, 0.6) is 17.2 Å². The maximum absolute atomic E-state index is 12.4. The molecule has 0 atom stereocenters. The average molecular weight is 1710 g/mol. The Kier molecular flexibility index (Phi) is 24.4. The molecule has 19 rings (SSSR count). The van der Waals surface area contributed by atoms with Crippen LogP contribution in [0.3, 0.4) is 0 Å². The zero-order valence-corrected chi connectivity index (χ0v) is 73.6. The molecule has 0 aliphatic heterocycles. The Labute approximate surface area is 665 Å². The van der Waals surface area contributed by atoms with Crippen molar-refractivity contribution in [3.63, 3.8) is 0 Å². The van der Waals surface area contributed by atoms with Gasteiger partial charge in [0.2, 0.25) is 0 Å². The first kappa shape index (κ1) is 78.8. The van der Waals surface area contributed by atoms with Gasteiger partial charge in [-0.3, -0.25) is 0 Å². The molecule has 8 bridgehead atoms. The van der Waals surface area contributed by atoms with Gasteiger partial charge in [-0.15, -0.1) is 0 Å². The average Bonchev–Trinajstić information content (AvgIpc) is 1.52. The Morgan fingerprint density at radius 3 is 0.981 bits per heavy atom. The molecule has 105 heavy (non-hydrogen) atoms. The van der Waals surface area contributed by atoms with Crippen molar-refractivity contribution in [1.82, 2.24) is 4.98 Å². The third-order valence-electron chi connectivity index (χ3n) is 25.3.